The third kappa shape index (κ3) is 2.39. The van der Waals surface area contributed by atoms with Crippen LogP contribution >= 0.6 is 0 Å². The van der Waals surface area contributed by atoms with Gasteiger partial charge in [0.1, 0.15) is 0 Å². The molecule has 1 aromatic rings. The summed E-state index contributed by atoms with van der Waals surface area (Å²) in [5, 5.41) is 12.7. The summed E-state index contributed by atoms with van der Waals surface area (Å²) < 4.78 is 0. The van der Waals surface area contributed by atoms with Crippen molar-refractivity contribution in [1.29, 1.82) is 0 Å². The normalized spacial score (nSPS) is 26.5. The lowest BCUT2D eigenvalue weighted by Crippen LogP contribution is -2.37. The molecule has 0 saturated carbocycles. The van der Waals surface area contributed by atoms with Crippen LogP contribution in [0.4, 0.5) is 0 Å². The van der Waals surface area contributed by atoms with E-state index < -0.39 is 0 Å². The molecular weight excluding hydrogens is 186 g/mol. The first kappa shape index (κ1) is 10.7. The second-order valence-electron chi connectivity index (χ2n) is 4.46. The van der Waals surface area contributed by atoms with Crippen LogP contribution < -0.4 is 5.32 Å². The highest BCUT2D eigenvalue weighted by molar-refractivity contribution is 5.26. The van der Waals surface area contributed by atoms with Crippen molar-refractivity contribution in [2.24, 2.45) is 5.92 Å². The predicted octanol–water partition coefficient (Wildman–Crippen LogP) is 1.68. The minimum atomic E-state index is 0.283. The largest absolute Gasteiger partial charge is 0.396 e. The van der Waals surface area contributed by atoms with E-state index in [-0.39, 0.29) is 6.61 Å². The Labute approximate surface area is 91.3 Å². The van der Waals surface area contributed by atoms with Gasteiger partial charge in [-0.3, -0.25) is 0 Å². The van der Waals surface area contributed by atoms with Crippen LogP contribution in [0, 0.1) is 12.8 Å². The molecule has 1 saturated heterocycles. The van der Waals surface area contributed by atoms with Gasteiger partial charge in [0.05, 0.1) is 0 Å². The molecule has 1 aromatic carbocycles. The Morgan fingerprint density at radius 2 is 2.33 bits per heavy atom. The monoisotopic (exact) mass is 205 g/mol. The molecule has 2 unspecified atom stereocenters. The number of piperidine rings is 1. The Balaban J connectivity index is 2.20. The summed E-state index contributed by atoms with van der Waals surface area (Å²) in [6.07, 6.45) is 1.13. The van der Waals surface area contributed by atoms with Gasteiger partial charge in [0.2, 0.25) is 0 Å². The first-order valence-electron chi connectivity index (χ1n) is 5.69. The number of nitrogens with one attached hydrogen (secondary N) is 1. The van der Waals surface area contributed by atoms with Gasteiger partial charge in [-0.1, -0.05) is 29.8 Å². The van der Waals surface area contributed by atoms with Gasteiger partial charge in [0, 0.05) is 19.1 Å². The van der Waals surface area contributed by atoms with Crippen molar-refractivity contribution < 1.29 is 5.11 Å². The fourth-order valence-electron chi connectivity index (χ4n) is 2.45. The van der Waals surface area contributed by atoms with Gasteiger partial charge in [0.25, 0.3) is 0 Å². The highest BCUT2D eigenvalue weighted by Crippen LogP contribution is 2.30. The maximum absolute atomic E-state index is 9.35. The van der Waals surface area contributed by atoms with Crippen molar-refractivity contribution in [2.75, 3.05) is 19.7 Å². The number of aliphatic hydroxyl groups excluding tert-OH is 1. The second kappa shape index (κ2) is 4.77. The molecule has 2 nitrogen and oxygen atoms in total. The Morgan fingerprint density at radius 3 is 3.07 bits per heavy atom. The molecule has 0 bridgehead atoms. The molecule has 2 atom stereocenters. The Bertz CT molecular complexity index is 324. The smallest absolute Gasteiger partial charge is 0.0477 e. The van der Waals surface area contributed by atoms with Crippen LogP contribution in [0.15, 0.2) is 24.3 Å². The van der Waals surface area contributed by atoms with E-state index in [0.717, 1.165) is 19.5 Å². The van der Waals surface area contributed by atoms with Gasteiger partial charge in [-0.15, -0.1) is 0 Å². The predicted molar refractivity (Wildman–Crippen MR) is 62.0 cm³/mol. The molecule has 1 heterocycles. The van der Waals surface area contributed by atoms with Gasteiger partial charge < -0.3 is 10.4 Å². The molecule has 0 aliphatic carbocycles. The molecule has 0 spiro atoms. The second-order valence-corrected chi connectivity index (χ2v) is 4.46. The summed E-state index contributed by atoms with van der Waals surface area (Å²) in [5.74, 6) is 0.900. The zero-order valence-corrected chi connectivity index (χ0v) is 9.24. The van der Waals surface area contributed by atoms with Gasteiger partial charge in [0.15, 0.2) is 0 Å². The van der Waals surface area contributed by atoms with Crippen molar-refractivity contribution >= 4 is 0 Å². The summed E-state index contributed by atoms with van der Waals surface area (Å²) in [6, 6.07) is 8.67. The molecule has 0 radical (unpaired) electrons. The number of aliphatic hydroxyl groups is 1. The first-order valence-corrected chi connectivity index (χ1v) is 5.69. The molecule has 1 aliphatic heterocycles. The third-order valence-electron chi connectivity index (χ3n) is 3.31. The SMILES string of the molecule is Cc1cccc(C2CCNCC2CO)c1. The average molecular weight is 205 g/mol. The lowest BCUT2D eigenvalue weighted by molar-refractivity contribution is 0.179. The highest BCUT2D eigenvalue weighted by Gasteiger charge is 2.25. The van der Waals surface area contributed by atoms with E-state index >= 15 is 0 Å². The number of benzene rings is 1. The molecule has 0 amide bonds. The molecule has 1 aliphatic rings. The Morgan fingerprint density at radius 1 is 1.47 bits per heavy atom. The van der Waals surface area contributed by atoms with Crippen LogP contribution in [0.3, 0.4) is 0 Å². The molecule has 82 valence electrons. The standard InChI is InChI=1S/C13H19NO/c1-10-3-2-4-11(7-10)13-5-6-14-8-12(13)9-15/h2-4,7,12-15H,5-6,8-9H2,1H3. The minimum absolute atomic E-state index is 0.283. The van der Waals surface area contributed by atoms with E-state index in [4.69, 9.17) is 0 Å². The number of hydrogen-bond acceptors (Lipinski definition) is 2. The van der Waals surface area contributed by atoms with E-state index in [9.17, 15) is 5.11 Å². The third-order valence-corrected chi connectivity index (χ3v) is 3.31. The fraction of sp³-hybridized carbons (Fsp3) is 0.538. The number of aryl methyl sites for hydroxylation is 1. The Kier molecular flexibility index (Phi) is 3.39. The lowest BCUT2D eigenvalue weighted by atomic mass is 9.81. The zero-order chi connectivity index (χ0) is 10.7. The molecule has 15 heavy (non-hydrogen) atoms. The lowest BCUT2D eigenvalue weighted by Gasteiger charge is -2.31. The van der Waals surface area contributed by atoms with Crippen molar-refractivity contribution in [3.05, 3.63) is 35.4 Å². The summed E-state index contributed by atoms with van der Waals surface area (Å²) in [7, 11) is 0. The van der Waals surface area contributed by atoms with Crippen molar-refractivity contribution in [2.45, 2.75) is 19.3 Å². The first-order chi connectivity index (χ1) is 7.31. The molecule has 2 N–H and O–H groups in total. The van der Waals surface area contributed by atoms with Gasteiger partial charge in [-0.05, 0) is 31.4 Å². The topological polar surface area (TPSA) is 32.3 Å². The van der Waals surface area contributed by atoms with Crippen molar-refractivity contribution in [3.63, 3.8) is 0 Å². The van der Waals surface area contributed by atoms with E-state index in [2.05, 4.69) is 36.5 Å². The maximum atomic E-state index is 9.35. The molecule has 2 heteroatoms. The molecule has 2 rings (SSSR count). The van der Waals surface area contributed by atoms with Gasteiger partial charge in [-0.25, -0.2) is 0 Å². The highest BCUT2D eigenvalue weighted by atomic mass is 16.3. The Hall–Kier alpha value is -0.860. The van der Waals surface area contributed by atoms with E-state index in [1.54, 1.807) is 0 Å². The van der Waals surface area contributed by atoms with Crippen molar-refractivity contribution in [3.8, 4) is 0 Å². The van der Waals surface area contributed by atoms with Gasteiger partial charge in [-0.2, -0.15) is 0 Å². The zero-order valence-electron chi connectivity index (χ0n) is 9.24. The van der Waals surface area contributed by atoms with E-state index in [0.29, 0.717) is 11.8 Å². The maximum Gasteiger partial charge on any atom is 0.0477 e. The minimum Gasteiger partial charge on any atom is -0.396 e. The van der Waals surface area contributed by atoms with Crippen LogP contribution in [0.25, 0.3) is 0 Å². The summed E-state index contributed by atoms with van der Waals surface area (Å²) in [5.41, 5.74) is 2.69. The van der Waals surface area contributed by atoms with Crippen LogP contribution in [-0.4, -0.2) is 24.8 Å². The summed E-state index contributed by atoms with van der Waals surface area (Å²) >= 11 is 0. The van der Waals surface area contributed by atoms with Crippen LogP contribution in [-0.2, 0) is 0 Å². The average Bonchev–Trinajstić information content (AvgIpc) is 2.29. The van der Waals surface area contributed by atoms with Crippen LogP contribution in [0.5, 0.6) is 0 Å². The van der Waals surface area contributed by atoms with E-state index in [1.165, 1.54) is 11.1 Å². The molecular formula is C13H19NO. The molecule has 0 aromatic heterocycles. The quantitative estimate of drug-likeness (QED) is 0.770. The van der Waals surface area contributed by atoms with Crippen LogP contribution in [0.1, 0.15) is 23.5 Å². The van der Waals surface area contributed by atoms with Gasteiger partial charge >= 0.3 is 0 Å². The fourth-order valence-corrected chi connectivity index (χ4v) is 2.45. The molecule has 1 fully saturated rings. The van der Waals surface area contributed by atoms with E-state index in [1.807, 2.05) is 0 Å². The number of rotatable bonds is 2. The van der Waals surface area contributed by atoms with Crippen molar-refractivity contribution in [1.82, 2.24) is 5.32 Å². The summed E-state index contributed by atoms with van der Waals surface area (Å²) in [4.78, 5) is 0. The van der Waals surface area contributed by atoms with Crippen LogP contribution in [0.2, 0.25) is 0 Å². The summed E-state index contributed by atoms with van der Waals surface area (Å²) in [6.45, 7) is 4.41. The number of hydrogen-bond donors (Lipinski definition) is 2.